The highest BCUT2D eigenvalue weighted by molar-refractivity contribution is 8.00. The Kier molecular flexibility index (Phi) is 5.16. The quantitative estimate of drug-likeness (QED) is 0.862. The molecule has 0 aromatic carbocycles. The van der Waals surface area contributed by atoms with Crippen LogP contribution in [0.2, 0.25) is 5.02 Å². The molecule has 2 rings (SSSR count). The number of carboxylic acids is 1. The van der Waals surface area contributed by atoms with Crippen LogP contribution in [0.3, 0.4) is 0 Å². The molecule has 1 aromatic heterocycles. The number of rotatable bonds is 5. The minimum atomic E-state index is -1.01. The number of aromatic carboxylic acids is 1. The third kappa shape index (κ3) is 3.58. The minimum absolute atomic E-state index is 0.109. The largest absolute Gasteiger partial charge is 0.478 e. The predicted molar refractivity (Wildman–Crippen MR) is 84.0 cm³/mol. The number of aromatic nitrogens is 1. The van der Waals surface area contributed by atoms with E-state index in [2.05, 4.69) is 16.6 Å². The van der Waals surface area contributed by atoms with Crippen LogP contribution in [0.5, 0.6) is 0 Å². The first-order valence-electron chi connectivity index (χ1n) is 6.74. The number of pyridine rings is 1. The molecule has 2 N–H and O–H groups in total. The third-order valence-corrected chi connectivity index (χ3v) is 5.57. The maximum absolute atomic E-state index is 10.8. The standard InChI is InChI=1S/C14H19ClN2O2S/c1-20-14(5-3-2-4-6-14)9-17-12-11(15)7-10(8-16-12)13(18)19/h7-8H,2-6,9H2,1H3,(H,16,17)(H,18,19). The summed E-state index contributed by atoms with van der Waals surface area (Å²) in [7, 11) is 0. The van der Waals surface area contributed by atoms with Gasteiger partial charge in [-0.25, -0.2) is 9.78 Å². The number of carbonyl (C=O) groups is 1. The summed E-state index contributed by atoms with van der Waals surface area (Å²) in [6, 6.07) is 1.44. The molecule has 0 unspecified atom stereocenters. The van der Waals surface area contributed by atoms with E-state index in [0.717, 1.165) is 6.54 Å². The van der Waals surface area contributed by atoms with Crippen LogP contribution < -0.4 is 5.32 Å². The second-order valence-corrected chi connectivity index (χ2v) is 6.84. The Bertz CT molecular complexity index is 490. The van der Waals surface area contributed by atoms with E-state index in [0.29, 0.717) is 10.8 Å². The van der Waals surface area contributed by atoms with Gasteiger partial charge in [-0.1, -0.05) is 30.9 Å². The van der Waals surface area contributed by atoms with Crippen molar-refractivity contribution < 1.29 is 9.90 Å². The molecule has 0 amide bonds. The molecular weight excluding hydrogens is 296 g/mol. The highest BCUT2D eigenvalue weighted by Crippen LogP contribution is 2.38. The fourth-order valence-corrected chi connectivity index (χ4v) is 3.73. The molecule has 1 fully saturated rings. The van der Waals surface area contributed by atoms with Crippen molar-refractivity contribution in [2.24, 2.45) is 0 Å². The van der Waals surface area contributed by atoms with Crippen LogP contribution in [0, 0.1) is 0 Å². The van der Waals surface area contributed by atoms with Crippen LogP contribution in [0.15, 0.2) is 12.3 Å². The van der Waals surface area contributed by atoms with E-state index in [1.165, 1.54) is 44.4 Å². The topological polar surface area (TPSA) is 62.2 Å². The summed E-state index contributed by atoms with van der Waals surface area (Å²) in [6.07, 6.45) is 9.73. The molecule has 0 aliphatic heterocycles. The summed E-state index contributed by atoms with van der Waals surface area (Å²) in [6.45, 7) is 0.813. The summed E-state index contributed by atoms with van der Waals surface area (Å²) >= 11 is 7.98. The fraction of sp³-hybridized carbons (Fsp3) is 0.571. The van der Waals surface area contributed by atoms with E-state index < -0.39 is 5.97 Å². The van der Waals surface area contributed by atoms with Gasteiger partial charge in [0, 0.05) is 17.5 Å². The summed E-state index contributed by atoms with van der Waals surface area (Å²) in [5.41, 5.74) is 0.109. The molecule has 0 spiro atoms. The summed E-state index contributed by atoms with van der Waals surface area (Å²) in [4.78, 5) is 15.0. The van der Waals surface area contributed by atoms with Crippen LogP contribution in [0.4, 0.5) is 5.82 Å². The maximum Gasteiger partial charge on any atom is 0.337 e. The Labute approximate surface area is 128 Å². The van der Waals surface area contributed by atoms with E-state index in [1.54, 1.807) is 0 Å². The Balaban J connectivity index is 2.04. The average Bonchev–Trinajstić information content (AvgIpc) is 2.47. The predicted octanol–water partition coefficient (Wildman–Crippen LogP) is 3.91. The third-order valence-electron chi connectivity index (χ3n) is 3.86. The smallest absolute Gasteiger partial charge is 0.337 e. The van der Waals surface area contributed by atoms with Gasteiger partial charge in [-0.05, 0) is 25.2 Å². The van der Waals surface area contributed by atoms with Gasteiger partial charge in [0.05, 0.1) is 10.6 Å². The SMILES string of the molecule is CSC1(CNc2ncc(C(=O)O)cc2Cl)CCCCC1. The lowest BCUT2D eigenvalue weighted by molar-refractivity contribution is 0.0696. The molecule has 1 aromatic rings. The zero-order valence-corrected chi connectivity index (χ0v) is 13.1. The highest BCUT2D eigenvalue weighted by Gasteiger charge is 2.31. The van der Waals surface area contributed by atoms with Gasteiger partial charge < -0.3 is 10.4 Å². The van der Waals surface area contributed by atoms with Crippen LogP contribution in [0.1, 0.15) is 42.5 Å². The van der Waals surface area contributed by atoms with Gasteiger partial charge in [0.2, 0.25) is 0 Å². The maximum atomic E-state index is 10.8. The van der Waals surface area contributed by atoms with Crippen molar-refractivity contribution in [1.29, 1.82) is 0 Å². The molecule has 20 heavy (non-hydrogen) atoms. The Morgan fingerprint density at radius 3 is 2.75 bits per heavy atom. The molecule has 0 atom stereocenters. The molecule has 1 aliphatic carbocycles. The lowest BCUT2D eigenvalue weighted by Gasteiger charge is -2.36. The van der Waals surface area contributed by atoms with Crippen molar-refractivity contribution in [3.05, 3.63) is 22.8 Å². The van der Waals surface area contributed by atoms with Gasteiger partial charge in [-0.3, -0.25) is 0 Å². The zero-order chi connectivity index (χ0) is 14.6. The zero-order valence-electron chi connectivity index (χ0n) is 11.5. The number of hydrogen-bond donors (Lipinski definition) is 2. The first-order chi connectivity index (χ1) is 9.56. The Morgan fingerprint density at radius 1 is 1.50 bits per heavy atom. The number of thioether (sulfide) groups is 1. The summed E-state index contributed by atoms with van der Waals surface area (Å²) in [5, 5.41) is 12.5. The number of halogens is 1. The van der Waals surface area contributed by atoms with Gasteiger partial charge in [-0.15, -0.1) is 0 Å². The van der Waals surface area contributed by atoms with Crippen LogP contribution in [-0.4, -0.2) is 33.6 Å². The van der Waals surface area contributed by atoms with Crippen molar-refractivity contribution in [3.8, 4) is 0 Å². The van der Waals surface area contributed by atoms with Crippen LogP contribution in [-0.2, 0) is 0 Å². The Morgan fingerprint density at radius 2 is 2.20 bits per heavy atom. The van der Waals surface area contributed by atoms with Crippen LogP contribution in [0.25, 0.3) is 0 Å². The lowest BCUT2D eigenvalue weighted by Crippen LogP contribution is -2.35. The molecule has 0 saturated heterocycles. The minimum Gasteiger partial charge on any atom is -0.478 e. The van der Waals surface area contributed by atoms with E-state index in [-0.39, 0.29) is 10.3 Å². The van der Waals surface area contributed by atoms with Gasteiger partial charge in [0.1, 0.15) is 5.82 Å². The molecule has 0 radical (unpaired) electrons. The van der Waals surface area contributed by atoms with E-state index in [4.69, 9.17) is 16.7 Å². The number of nitrogens with one attached hydrogen (secondary N) is 1. The van der Waals surface area contributed by atoms with Gasteiger partial charge in [-0.2, -0.15) is 11.8 Å². The summed E-state index contributed by atoms with van der Waals surface area (Å²) < 4.78 is 0.245. The highest BCUT2D eigenvalue weighted by atomic mass is 35.5. The van der Waals surface area contributed by atoms with Crippen LogP contribution >= 0.6 is 23.4 Å². The number of nitrogens with zero attached hydrogens (tertiary/aromatic N) is 1. The molecule has 1 aliphatic rings. The molecule has 110 valence electrons. The lowest BCUT2D eigenvalue weighted by atomic mass is 9.88. The first kappa shape index (κ1) is 15.4. The molecule has 1 saturated carbocycles. The van der Waals surface area contributed by atoms with Gasteiger partial charge in [0.15, 0.2) is 0 Å². The van der Waals surface area contributed by atoms with Gasteiger partial charge >= 0.3 is 5.97 Å². The molecule has 4 nitrogen and oxygen atoms in total. The van der Waals surface area contributed by atoms with Crippen molar-refractivity contribution in [1.82, 2.24) is 4.98 Å². The second kappa shape index (κ2) is 6.68. The first-order valence-corrected chi connectivity index (χ1v) is 8.34. The second-order valence-electron chi connectivity index (χ2n) is 5.16. The van der Waals surface area contributed by atoms with E-state index in [1.807, 2.05) is 11.8 Å². The van der Waals surface area contributed by atoms with Crippen molar-refractivity contribution in [3.63, 3.8) is 0 Å². The van der Waals surface area contributed by atoms with E-state index in [9.17, 15) is 4.79 Å². The molecule has 0 bridgehead atoms. The van der Waals surface area contributed by atoms with Crippen molar-refractivity contribution >= 4 is 35.1 Å². The fourth-order valence-electron chi connectivity index (χ4n) is 2.58. The van der Waals surface area contributed by atoms with E-state index >= 15 is 0 Å². The number of hydrogen-bond acceptors (Lipinski definition) is 4. The van der Waals surface area contributed by atoms with Gasteiger partial charge in [0.25, 0.3) is 0 Å². The monoisotopic (exact) mass is 314 g/mol. The molecular formula is C14H19ClN2O2S. The summed E-state index contributed by atoms with van der Waals surface area (Å²) in [5.74, 6) is -0.450. The number of anilines is 1. The molecule has 1 heterocycles. The normalized spacial score (nSPS) is 17.7. The van der Waals surface area contributed by atoms with Crippen molar-refractivity contribution in [2.45, 2.75) is 36.9 Å². The van der Waals surface area contributed by atoms with Crippen molar-refractivity contribution in [2.75, 3.05) is 18.1 Å². The average molecular weight is 315 g/mol. The molecule has 6 heteroatoms. The number of carboxylic acid groups (broad SMARTS) is 1. The Hall–Kier alpha value is -0.940.